The number of hydrogen-bond acceptors (Lipinski definition) is 3. The van der Waals surface area contributed by atoms with Gasteiger partial charge in [-0.15, -0.1) is 11.6 Å². The number of rotatable bonds is 5. The van der Waals surface area contributed by atoms with E-state index in [0.29, 0.717) is 11.9 Å². The number of nitrogens with zero attached hydrogens (tertiary/aromatic N) is 2. The van der Waals surface area contributed by atoms with E-state index in [0.717, 1.165) is 17.1 Å². The third kappa shape index (κ3) is 3.58. The fourth-order valence-corrected chi connectivity index (χ4v) is 2.19. The molecule has 4 heteroatoms. The fraction of sp³-hybridized carbons (Fsp3) is 0.545. The molecule has 0 spiro atoms. The van der Waals surface area contributed by atoms with Crippen LogP contribution in [-0.4, -0.2) is 30.1 Å². The maximum absolute atomic E-state index is 5.79. The smallest absolute Gasteiger partial charge is 0.128 e. The van der Waals surface area contributed by atoms with Crippen LogP contribution in [0.5, 0.6) is 0 Å². The highest BCUT2D eigenvalue weighted by Crippen LogP contribution is 2.16. The van der Waals surface area contributed by atoms with Crippen LogP contribution in [0.25, 0.3) is 0 Å². The molecule has 2 nitrogen and oxygen atoms in total. The molecule has 1 aromatic rings. The van der Waals surface area contributed by atoms with Crippen LogP contribution in [0.4, 0.5) is 5.82 Å². The zero-order valence-electron chi connectivity index (χ0n) is 9.40. The van der Waals surface area contributed by atoms with Crippen LogP contribution in [-0.2, 0) is 5.88 Å². The average molecular weight is 245 g/mol. The monoisotopic (exact) mass is 244 g/mol. The molecule has 0 aliphatic carbocycles. The van der Waals surface area contributed by atoms with Crippen molar-refractivity contribution >= 4 is 29.2 Å². The van der Waals surface area contributed by atoms with Crippen LogP contribution in [0.1, 0.15) is 12.5 Å². The number of pyridine rings is 1. The van der Waals surface area contributed by atoms with Gasteiger partial charge in [-0.3, -0.25) is 0 Å². The summed E-state index contributed by atoms with van der Waals surface area (Å²) in [6.45, 7) is 2.20. The van der Waals surface area contributed by atoms with Gasteiger partial charge in [0.1, 0.15) is 5.82 Å². The zero-order valence-corrected chi connectivity index (χ0v) is 11.0. The first-order valence-electron chi connectivity index (χ1n) is 4.91. The lowest BCUT2D eigenvalue weighted by molar-refractivity contribution is 0.753. The number of aromatic nitrogens is 1. The van der Waals surface area contributed by atoms with E-state index in [9.17, 15) is 0 Å². The van der Waals surface area contributed by atoms with Crippen molar-refractivity contribution < 1.29 is 0 Å². The van der Waals surface area contributed by atoms with Crippen LogP contribution in [0.3, 0.4) is 0 Å². The van der Waals surface area contributed by atoms with Crippen molar-refractivity contribution in [2.45, 2.75) is 18.8 Å². The average Bonchev–Trinajstić information content (AvgIpc) is 2.28. The van der Waals surface area contributed by atoms with E-state index in [2.05, 4.69) is 30.1 Å². The largest absolute Gasteiger partial charge is 0.356 e. The Balaban J connectivity index is 2.76. The molecule has 1 heterocycles. The number of hydrogen-bond donors (Lipinski definition) is 0. The first-order chi connectivity index (χ1) is 7.19. The van der Waals surface area contributed by atoms with Gasteiger partial charge in [-0.25, -0.2) is 4.98 Å². The highest BCUT2D eigenvalue weighted by Gasteiger charge is 2.10. The molecule has 84 valence electrons. The summed E-state index contributed by atoms with van der Waals surface area (Å²) in [7, 11) is 2.07. The van der Waals surface area contributed by atoms with Gasteiger partial charge in [0.15, 0.2) is 0 Å². The second-order valence-corrected chi connectivity index (χ2v) is 4.75. The van der Waals surface area contributed by atoms with Gasteiger partial charge in [0, 0.05) is 30.9 Å². The van der Waals surface area contributed by atoms with Crippen molar-refractivity contribution in [2.24, 2.45) is 0 Å². The molecule has 1 atom stereocenters. The van der Waals surface area contributed by atoms with Gasteiger partial charge in [0.25, 0.3) is 0 Å². The van der Waals surface area contributed by atoms with Gasteiger partial charge in [0.05, 0.1) is 0 Å². The summed E-state index contributed by atoms with van der Waals surface area (Å²) in [5.41, 5.74) is 1.12. The lowest BCUT2D eigenvalue weighted by Crippen LogP contribution is -2.31. The molecule has 0 saturated heterocycles. The molecule has 0 amide bonds. The van der Waals surface area contributed by atoms with Crippen molar-refractivity contribution in [2.75, 3.05) is 24.0 Å². The van der Waals surface area contributed by atoms with E-state index >= 15 is 0 Å². The molecule has 0 aromatic carbocycles. The van der Waals surface area contributed by atoms with Crippen LogP contribution in [0.2, 0.25) is 0 Å². The van der Waals surface area contributed by atoms with E-state index < -0.39 is 0 Å². The number of anilines is 1. The Labute approximate surface area is 101 Å². The molecule has 1 unspecified atom stereocenters. The van der Waals surface area contributed by atoms with Gasteiger partial charge in [-0.1, -0.05) is 0 Å². The normalized spacial score (nSPS) is 12.5. The third-order valence-corrected chi connectivity index (χ3v) is 3.52. The van der Waals surface area contributed by atoms with Crippen LogP contribution in [0.15, 0.2) is 18.3 Å². The molecule has 1 rings (SSSR count). The van der Waals surface area contributed by atoms with Crippen LogP contribution < -0.4 is 4.90 Å². The molecule has 0 fully saturated rings. The van der Waals surface area contributed by atoms with Crippen molar-refractivity contribution in [1.29, 1.82) is 0 Å². The van der Waals surface area contributed by atoms with Crippen LogP contribution >= 0.6 is 23.4 Å². The minimum Gasteiger partial charge on any atom is -0.356 e. The maximum Gasteiger partial charge on any atom is 0.128 e. The lowest BCUT2D eigenvalue weighted by atomic mass is 10.2. The Bertz CT molecular complexity index is 306. The number of halogens is 1. The topological polar surface area (TPSA) is 16.1 Å². The standard InChI is InChI=1S/C11H17ClN2S/c1-9(8-15-3)14(2)11-6-10(7-12)4-5-13-11/h4-6,9H,7-8H2,1-3H3. The molecule has 15 heavy (non-hydrogen) atoms. The highest BCUT2D eigenvalue weighted by molar-refractivity contribution is 7.98. The summed E-state index contributed by atoms with van der Waals surface area (Å²) in [5.74, 6) is 2.64. The summed E-state index contributed by atoms with van der Waals surface area (Å²) in [5, 5.41) is 0. The summed E-state index contributed by atoms with van der Waals surface area (Å²) in [4.78, 5) is 6.54. The Kier molecular flexibility index (Phi) is 5.26. The predicted octanol–water partition coefficient (Wildman–Crippen LogP) is 3.01. The summed E-state index contributed by atoms with van der Waals surface area (Å²) >= 11 is 7.64. The predicted molar refractivity (Wildman–Crippen MR) is 70.0 cm³/mol. The van der Waals surface area contributed by atoms with Gasteiger partial charge < -0.3 is 4.90 Å². The zero-order chi connectivity index (χ0) is 11.3. The van der Waals surface area contributed by atoms with Gasteiger partial charge >= 0.3 is 0 Å². The summed E-state index contributed by atoms with van der Waals surface area (Å²) < 4.78 is 0. The molecule has 0 bridgehead atoms. The van der Waals surface area contributed by atoms with Gasteiger partial charge in [-0.2, -0.15) is 11.8 Å². The van der Waals surface area contributed by atoms with E-state index in [-0.39, 0.29) is 0 Å². The Morgan fingerprint density at radius 2 is 2.33 bits per heavy atom. The molecule has 0 saturated carbocycles. The Hall–Kier alpha value is -0.410. The van der Waals surface area contributed by atoms with E-state index in [1.165, 1.54) is 0 Å². The van der Waals surface area contributed by atoms with Crippen molar-refractivity contribution in [3.63, 3.8) is 0 Å². The van der Waals surface area contributed by atoms with Crippen molar-refractivity contribution in [1.82, 2.24) is 4.98 Å². The molecule has 0 aliphatic heterocycles. The second-order valence-electron chi connectivity index (χ2n) is 3.57. The van der Waals surface area contributed by atoms with E-state index in [4.69, 9.17) is 11.6 Å². The van der Waals surface area contributed by atoms with E-state index in [1.807, 2.05) is 30.1 Å². The van der Waals surface area contributed by atoms with Gasteiger partial charge in [0.2, 0.25) is 0 Å². The molecule has 0 radical (unpaired) electrons. The second kappa shape index (κ2) is 6.23. The molecule has 0 N–H and O–H groups in total. The minimum absolute atomic E-state index is 0.484. The third-order valence-electron chi connectivity index (χ3n) is 2.39. The number of thioether (sulfide) groups is 1. The molecule has 0 aliphatic rings. The molecular weight excluding hydrogens is 228 g/mol. The molecular formula is C11H17ClN2S. The Morgan fingerprint density at radius 3 is 2.93 bits per heavy atom. The van der Waals surface area contributed by atoms with Crippen molar-refractivity contribution in [3.05, 3.63) is 23.9 Å². The Morgan fingerprint density at radius 1 is 1.60 bits per heavy atom. The first kappa shape index (κ1) is 12.7. The van der Waals surface area contributed by atoms with Gasteiger partial charge in [-0.05, 0) is 30.9 Å². The minimum atomic E-state index is 0.484. The maximum atomic E-state index is 5.79. The summed E-state index contributed by atoms with van der Waals surface area (Å²) in [6, 6.07) is 4.48. The number of alkyl halides is 1. The lowest BCUT2D eigenvalue weighted by Gasteiger charge is -2.25. The van der Waals surface area contributed by atoms with Crippen LogP contribution in [0, 0.1) is 0 Å². The quantitative estimate of drug-likeness (QED) is 0.741. The highest BCUT2D eigenvalue weighted by atomic mass is 35.5. The fourth-order valence-electron chi connectivity index (χ4n) is 1.32. The summed E-state index contributed by atoms with van der Waals surface area (Å²) in [6.07, 6.45) is 3.93. The van der Waals surface area contributed by atoms with Crippen molar-refractivity contribution in [3.8, 4) is 0 Å². The SMILES string of the molecule is CSCC(C)N(C)c1cc(CCl)ccn1. The first-order valence-corrected chi connectivity index (χ1v) is 6.84. The molecule has 1 aromatic heterocycles. The van der Waals surface area contributed by atoms with E-state index in [1.54, 1.807) is 0 Å².